The van der Waals surface area contributed by atoms with E-state index in [0.29, 0.717) is 0 Å². The van der Waals surface area contributed by atoms with Crippen molar-refractivity contribution in [3.63, 3.8) is 0 Å². The van der Waals surface area contributed by atoms with Gasteiger partial charge in [0.2, 0.25) is 5.91 Å². The summed E-state index contributed by atoms with van der Waals surface area (Å²) in [5, 5.41) is 12.7. The molecule has 0 fully saturated rings. The molecule has 1 aliphatic carbocycles. The molecule has 2 N–H and O–H groups in total. The summed E-state index contributed by atoms with van der Waals surface area (Å²) in [5.74, 6) is 1.80. The third-order valence-corrected chi connectivity index (χ3v) is 7.76. The molecule has 9 heteroatoms. The predicted molar refractivity (Wildman–Crippen MR) is 141 cm³/mol. The van der Waals surface area contributed by atoms with Gasteiger partial charge in [-0.05, 0) is 65.5 Å². The molecule has 0 unspecified atom stereocenters. The molecule has 1 aromatic carbocycles. The lowest BCUT2D eigenvalue weighted by Crippen LogP contribution is -2.42. The van der Waals surface area contributed by atoms with Crippen molar-refractivity contribution < 1.29 is 9.53 Å². The van der Waals surface area contributed by atoms with Crippen LogP contribution >= 0.6 is 11.3 Å². The molecule has 3 aromatic heterocycles. The predicted octanol–water partition coefficient (Wildman–Crippen LogP) is 5.46. The number of aryl methyl sites for hydroxylation is 1. The minimum absolute atomic E-state index is 0.0248. The summed E-state index contributed by atoms with van der Waals surface area (Å²) >= 11 is 1.68. The zero-order valence-electron chi connectivity index (χ0n) is 20.9. The van der Waals surface area contributed by atoms with Crippen LogP contribution in [0.25, 0.3) is 21.1 Å². The van der Waals surface area contributed by atoms with E-state index in [9.17, 15) is 4.79 Å². The number of nitrogens with one attached hydrogen (secondary N) is 2. The molecule has 5 rings (SSSR count). The lowest BCUT2D eigenvalue weighted by Gasteiger charge is -2.31. The first-order chi connectivity index (χ1) is 16.9. The lowest BCUT2D eigenvalue weighted by atomic mass is 9.86. The highest BCUT2D eigenvalue weighted by atomic mass is 32.1. The molecule has 0 spiro atoms. The monoisotopic (exact) mass is 492 g/mol. The average molecular weight is 493 g/mol. The molecule has 4 aromatic rings. The first-order valence-corrected chi connectivity index (χ1v) is 13.1. The summed E-state index contributed by atoms with van der Waals surface area (Å²) in [5.41, 5.74) is 3.03. The molecule has 0 saturated heterocycles. The summed E-state index contributed by atoms with van der Waals surface area (Å²) in [4.78, 5) is 26.6. The SMILES string of the molecule is CCN(C(=O)[C@H]1CCc2c(sc3ncnc(Nc4cc5cn[nH]c5cc4OC(C)C)c23)C1)C(C)C. The molecule has 184 valence electrons. The smallest absolute Gasteiger partial charge is 0.226 e. The van der Waals surface area contributed by atoms with Gasteiger partial charge in [-0.25, -0.2) is 9.97 Å². The number of carbonyl (C=O) groups is 1. The molecule has 0 saturated carbocycles. The maximum Gasteiger partial charge on any atom is 0.226 e. The number of fused-ring (bicyclic) bond motifs is 4. The van der Waals surface area contributed by atoms with Crippen LogP contribution in [0.1, 0.15) is 51.5 Å². The van der Waals surface area contributed by atoms with Crippen molar-refractivity contribution in [3.8, 4) is 5.75 Å². The van der Waals surface area contributed by atoms with Gasteiger partial charge >= 0.3 is 0 Å². The quantitative estimate of drug-likeness (QED) is 0.356. The van der Waals surface area contributed by atoms with Gasteiger partial charge in [-0.3, -0.25) is 9.89 Å². The number of nitrogens with zero attached hydrogens (tertiary/aromatic N) is 4. The molecule has 3 heterocycles. The van der Waals surface area contributed by atoms with Gasteiger partial charge in [0.25, 0.3) is 0 Å². The fraction of sp³-hybridized carbons (Fsp3) is 0.462. The van der Waals surface area contributed by atoms with Crippen molar-refractivity contribution >= 4 is 49.9 Å². The van der Waals surface area contributed by atoms with E-state index < -0.39 is 0 Å². The molecular weight excluding hydrogens is 460 g/mol. The first-order valence-electron chi connectivity index (χ1n) is 12.3. The van der Waals surface area contributed by atoms with Gasteiger partial charge in [0, 0.05) is 34.8 Å². The van der Waals surface area contributed by atoms with Crippen molar-refractivity contribution in [3.05, 3.63) is 35.1 Å². The molecule has 1 amide bonds. The highest BCUT2D eigenvalue weighted by Crippen LogP contribution is 2.42. The highest BCUT2D eigenvalue weighted by molar-refractivity contribution is 7.19. The van der Waals surface area contributed by atoms with Crippen LogP contribution in [0.5, 0.6) is 5.75 Å². The number of thiophene rings is 1. The van der Waals surface area contributed by atoms with Crippen molar-refractivity contribution in [2.45, 2.75) is 66.0 Å². The molecule has 8 nitrogen and oxygen atoms in total. The van der Waals surface area contributed by atoms with E-state index in [1.807, 2.05) is 30.9 Å². The fourth-order valence-electron chi connectivity index (χ4n) is 4.97. The summed E-state index contributed by atoms with van der Waals surface area (Å²) in [6.07, 6.45) is 5.89. The number of anilines is 2. The normalized spacial score (nSPS) is 15.7. The Hall–Kier alpha value is -3.20. The lowest BCUT2D eigenvalue weighted by molar-refractivity contribution is -0.137. The van der Waals surface area contributed by atoms with Crippen LogP contribution in [0.4, 0.5) is 11.5 Å². The fourth-order valence-corrected chi connectivity index (χ4v) is 6.24. The van der Waals surface area contributed by atoms with E-state index in [0.717, 1.165) is 64.2 Å². The number of carbonyl (C=O) groups excluding carboxylic acids is 1. The Bertz CT molecular complexity index is 1380. The highest BCUT2D eigenvalue weighted by Gasteiger charge is 2.32. The molecule has 1 aliphatic rings. The molecule has 0 radical (unpaired) electrons. The molecule has 1 atom stereocenters. The Kier molecular flexibility index (Phi) is 6.35. The van der Waals surface area contributed by atoms with Crippen LogP contribution in [-0.2, 0) is 17.6 Å². The maximum absolute atomic E-state index is 13.2. The minimum atomic E-state index is 0.0248. The molecule has 0 bridgehead atoms. The van der Waals surface area contributed by atoms with E-state index in [1.54, 1.807) is 23.9 Å². The van der Waals surface area contributed by atoms with E-state index in [2.05, 4.69) is 46.3 Å². The van der Waals surface area contributed by atoms with Gasteiger partial charge in [0.15, 0.2) is 0 Å². The number of H-pyrrole nitrogens is 1. The summed E-state index contributed by atoms with van der Waals surface area (Å²) < 4.78 is 6.10. The average Bonchev–Trinajstić information content (AvgIpc) is 3.42. The second-order valence-electron chi connectivity index (χ2n) is 9.66. The van der Waals surface area contributed by atoms with Crippen molar-refractivity contribution in [1.82, 2.24) is 25.1 Å². The van der Waals surface area contributed by atoms with Gasteiger partial charge in [0.1, 0.15) is 22.7 Å². The Morgan fingerprint density at radius 1 is 1.29 bits per heavy atom. The second-order valence-corrected chi connectivity index (χ2v) is 10.7. The standard InChI is InChI=1S/C26H32N6O2S/c1-6-32(14(2)3)26(33)16-7-8-18-22(10-16)35-25-23(18)24(27-13-28-25)30-20-9-17-12-29-31-19(17)11-21(20)34-15(4)5/h9,11-16H,6-8,10H2,1-5H3,(H,29,31)(H,27,28,30)/t16-/m0/s1. The number of aromatic amines is 1. The zero-order chi connectivity index (χ0) is 24.7. The number of hydrogen-bond donors (Lipinski definition) is 2. The summed E-state index contributed by atoms with van der Waals surface area (Å²) in [7, 11) is 0. The number of amides is 1. The van der Waals surface area contributed by atoms with Gasteiger partial charge in [0.05, 0.1) is 28.9 Å². The van der Waals surface area contributed by atoms with E-state index in [-0.39, 0.29) is 24.0 Å². The van der Waals surface area contributed by atoms with Crippen molar-refractivity contribution in [2.24, 2.45) is 5.92 Å². The van der Waals surface area contributed by atoms with Crippen LogP contribution in [0.3, 0.4) is 0 Å². The Balaban J connectivity index is 1.50. The van der Waals surface area contributed by atoms with E-state index in [4.69, 9.17) is 4.74 Å². The molecule has 0 aliphatic heterocycles. The Morgan fingerprint density at radius 3 is 2.86 bits per heavy atom. The van der Waals surface area contributed by atoms with Crippen LogP contribution in [0, 0.1) is 5.92 Å². The van der Waals surface area contributed by atoms with Crippen molar-refractivity contribution in [1.29, 1.82) is 0 Å². The molecular formula is C26H32N6O2S. The van der Waals surface area contributed by atoms with Crippen LogP contribution in [0.15, 0.2) is 24.7 Å². The first kappa shape index (κ1) is 23.5. The van der Waals surface area contributed by atoms with E-state index in [1.165, 1.54) is 10.4 Å². The van der Waals surface area contributed by atoms with Crippen LogP contribution in [-0.4, -0.2) is 49.7 Å². The van der Waals surface area contributed by atoms with Gasteiger partial charge in [-0.2, -0.15) is 5.10 Å². The number of benzene rings is 1. The van der Waals surface area contributed by atoms with Crippen molar-refractivity contribution in [2.75, 3.05) is 11.9 Å². The van der Waals surface area contributed by atoms with Gasteiger partial charge in [-0.15, -0.1) is 11.3 Å². The third-order valence-electron chi connectivity index (χ3n) is 6.60. The van der Waals surface area contributed by atoms with E-state index >= 15 is 0 Å². The van der Waals surface area contributed by atoms with Crippen LogP contribution < -0.4 is 10.1 Å². The van der Waals surface area contributed by atoms with Gasteiger partial charge in [-0.1, -0.05) is 0 Å². The summed E-state index contributed by atoms with van der Waals surface area (Å²) in [6.45, 7) is 11.0. The zero-order valence-corrected chi connectivity index (χ0v) is 21.7. The topological polar surface area (TPSA) is 96.0 Å². The number of aromatic nitrogens is 4. The number of hydrogen-bond acceptors (Lipinski definition) is 7. The number of rotatable bonds is 7. The Labute approximate surface area is 209 Å². The van der Waals surface area contributed by atoms with Crippen LogP contribution in [0.2, 0.25) is 0 Å². The van der Waals surface area contributed by atoms with Gasteiger partial charge < -0.3 is 15.0 Å². The maximum atomic E-state index is 13.2. The minimum Gasteiger partial charge on any atom is -0.489 e. The second kappa shape index (κ2) is 9.45. The third kappa shape index (κ3) is 4.45. The Morgan fingerprint density at radius 2 is 2.11 bits per heavy atom. The summed E-state index contributed by atoms with van der Waals surface area (Å²) in [6, 6.07) is 4.22. The molecule has 35 heavy (non-hydrogen) atoms. The number of ether oxygens (including phenoxy) is 1. The largest absolute Gasteiger partial charge is 0.489 e.